The van der Waals surface area contributed by atoms with Crippen LogP contribution in [0, 0.1) is 0 Å². The van der Waals surface area contributed by atoms with Gasteiger partial charge in [0, 0.05) is 18.7 Å². The average Bonchev–Trinajstić information content (AvgIpc) is 2.54. The molecule has 2 rings (SSSR count). The second-order valence-electron chi connectivity index (χ2n) is 5.31. The number of nitrogens with zero attached hydrogens (tertiary/aromatic N) is 1. The highest BCUT2D eigenvalue weighted by atomic mass is 16.5. The van der Waals surface area contributed by atoms with Crippen LogP contribution in [0.1, 0.15) is 36.5 Å². The molecule has 21 heavy (non-hydrogen) atoms. The smallest absolute Gasteiger partial charge is 0.252 e. The summed E-state index contributed by atoms with van der Waals surface area (Å²) in [4.78, 5) is 26.3. The Bertz CT molecular complexity index is 510. The fourth-order valence-corrected chi connectivity index (χ4v) is 2.49. The number of ether oxygens (including phenoxy) is 1. The van der Waals surface area contributed by atoms with Crippen LogP contribution >= 0.6 is 0 Å². The summed E-state index contributed by atoms with van der Waals surface area (Å²) in [5.41, 5.74) is 0.493. The number of nitrogens with one attached hydrogen (secondary N) is 1. The zero-order valence-corrected chi connectivity index (χ0v) is 12.6. The van der Waals surface area contributed by atoms with Crippen molar-refractivity contribution in [2.24, 2.45) is 0 Å². The molecule has 0 aliphatic carbocycles. The Morgan fingerprint density at radius 2 is 1.95 bits per heavy atom. The van der Waals surface area contributed by atoms with E-state index in [-0.39, 0.29) is 11.8 Å². The second kappa shape index (κ2) is 7.11. The first-order valence-electron chi connectivity index (χ1n) is 7.35. The SMILES string of the molecule is COc1cccc(C(=O)N[C@@H](C)C(=O)N2CCCCC2)c1. The van der Waals surface area contributed by atoms with E-state index in [0.29, 0.717) is 11.3 Å². The van der Waals surface area contributed by atoms with Gasteiger partial charge in [0.1, 0.15) is 11.8 Å². The molecule has 0 radical (unpaired) electrons. The van der Waals surface area contributed by atoms with Crippen molar-refractivity contribution in [1.82, 2.24) is 10.2 Å². The van der Waals surface area contributed by atoms with Crippen LogP contribution in [0.5, 0.6) is 5.75 Å². The average molecular weight is 290 g/mol. The molecule has 1 saturated heterocycles. The van der Waals surface area contributed by atoms with Crippen LogP contribution in [0.25, 0.3) is 0 Å². The van der Waals surface area contributed by atoms with Crippen molar-refractivity contribution in [2.75, 3.05) is 20.2 Å². The molecule has 1 aliphatic heterocycles. The van der Waals surface area contributed by atoms with Gasteiger partial charge in [0.05, 0.1) is 7.11 Å². The minimum absolute atomic E-state index is 0.00838. The Kier molecular flexibility index (Phi) is 5.20. The molecule has 0 saturated carbocycles. The Morgan fingerprint density at radius 3 is 2.62 bits per heavy atom. The predicted molar refractivity (Wildman–Crippen MR) is 80.4 cm³/mol. The summed E-state index contributed by atoms with van der Waals surface area (Å²) < 4.78 is 5.10. The summed E-state index contributed by atoms with van der Waals surface area (Å²) in [6.07, 6.45) is 3.26. The van der Waals surface area contributed by atoms with Gasteiger partial charge in [0.15, 0.2) is 0 Å². The van der Waals surface area contributed by atoms with Crippen molar-refractivity contribution in [3.8, 4) is 5.75 Å². The maximum atomic E-state index is 12.3. The highest BCUT2D eigenvalue weighted by molar-refractivity contribution is 5.97. The number of carbonyl (C=O) groups excluding carboxylic acids is 2. The molecule has 114 valence electrons. The molecular weight excluding hydrogens is 268 g/mol. The molecule has 2 amide bonds. The third-order valence-electron chi connectivity index (χ3n) is 3.72. The van der Waals surface area contributed by atoms with E-state index in [2.05, 4.69) is 5.32 Å². The van der Waals surface area contributed by atoms with Gasteiger partial charge in [-0.25, -0.2) is 0 Å². The first kappa shape index (κ1) is 15.4. The Hall–Kier alpha value is -2.04. The summed E-state index contributed by atoms with van der Waals surface area (Å²) in [6, 6.07) is 6.38. The van der Waals surface area contributed by atoms with E-state index in [1.54, 1.807) is 38.3 Å². The standard InChI is InChI=1S/C16H22N2O3/c1-12(16(20)18-9-4-3-5-10-18)17-15(19)13-7-6-8-14(11-13)21-2/h6-8,11-12H,3-5,9-10H2,1-2H3,(H,17,19)/t12-/m0/s1. The largest absolute Gasteiger partial charge is 0.497 e. The van der Waals surface area contributed by atoms with Crippen molar-refractivity contribution in [1.29, 1.82) is 0 Å². The van der Waals surface area contributed by atoms with E-state index in [4.69, 9.17) is 4.74 Å². The van der Waals surface area contributed by atoms with Gasteiger partial charge < -0.3 is 15.0 Å². The number of rotatable bonds is 4. The summed E-state index contributed by atoms with van der Waals surface area (Å²) in [7, 11) is 1.56. The monoisotopic (exact) mass is 290 g/mol. The molecule has 0 unspecified atom stereocenters. The van der Waals surface area contributed by atoms with Gasteiger partial charge in [0.2, 0.25) is 5.91 Å². The second-order valence-corrected chi connectivity index (χ2v) is 5.31. The molecule has 1 atom stereocenters. The topological polar surface area (TPSA) is 58.6 Å². The molecule has 0 aromatic heterocycles. The zero-order chi connectivity index (χ0) is 15.2. The quantitative estimate of drug-likeness (QED) is 0.920. The summed E-state index contributed by atoms with van der Waals surface area (Å²) in [5.74, 6) is 0.357. The predicted octanol–water partition coefficient (Wildman–Crippen LogP) is 1.83. The summed E-state index contributed by atoms with van der Waals surface area (Å²) >= 11 is 0. The van der Waals surface area contributed by atoms with E-state index in [1.807, 2.05) is 4.90 Å². The van der Waals surface area contributed by atoms with E-state index in [0.717, 1.165) is 25.9 Å². The van der Waals surface area contributed by atoms with E-state index in [1.165, 1.54) is 6.42 Å². The fourth-order valence-electron chi connectivity index (χ4n) is 2.49. The number of amides is 2. The molecule has 5 heteroatoms. The van der Waals surface area contributed by atoms with Crippen LogP contribution in [0.4, 0.5) is 0 Å². The molecule has 1 heterocycles. The highest BCUT2D eigenvalue weighted by Crippen LogP contribution is 2.13. The first-order chi connectivity index (χ1) is 10.1. The third kappa shape index (κ3) is 3.97. The zero-order valence-electron chi connectivity index (χ0n) is 12.6. The fraction of sp³-hybridized carbons (Fsp3) is 0.500. The van der Waals surface area contributed by atoms with Crippen molar-refractivity contribution in [3.63, 3.8) is 0 Å². The van der Waals surface area contributed by atoms with Gasteiger partial charge >= 0.3 is 0 Å². The number of carbonyl (C=O) groups is 2. The van der Waals surface area contributed by atoms with Gasteiger partial charge in [-0.2, -0.15) is 0 Å². The van der Waals surface area contributed by atoms with Gasteiger partial charge in [0.25, 0.3) is 5.91 Å². The van der Waals surface area contributed by atoms with Gasteiger partial charge in [-0.1, -0.05) is 6.07 Å². The molecular formula is C16H22N2O3. The lowest BCUT2D eigenvalue weighted by molar-refractivity contribution is -0.133. The van der Waals surface area contributed by atoms with Crippen LogP contribution < -0.4 is 10.1 Å². The molecule has 0 spiro atoms. The van der Waals surface area contributed by atoms with Crippen LogP contribution in [-0.2, 0) is 4.79 Å². The van der Waals surface area contributed by atoms with Gasteiger partial charge in [-0.3, -0.25) is 9.59 Å². The van der Waals surface area contributed by atoms with Crippen molar-refractivity contribution in [3.05, 3.63) is 29.8 Å². The summed E-state index contributed by atoms with van der Waals surface area (Å²) in [5, 5.41) is 2.76. The molecule has 1 aromatic carbocycles. The van der Waals surface area contributed by atoms with Crippen molar-refractivity contribution < 1.29 is 14.3 Å². The first-order valence-corrected chi connectivity index (χ1v) is 7.35. The molecule has 5 nitrogen and oxygen atoms in total. The molecule has 1 N–H and O–H groups in total. The number of methoxy groups -OCH3 is 1. The number of likely N-dealkylation sites (tertiary alicyclic amines) is 1. The molecule has 1 aromatic rings. The molecule has 1 aliphatic rings. The highest BCUT2D eigenvalue weighted by Gasteiger charge is 2.23. The maximum absolute atomic E-state index is 12.3. The van der Waals surface area contributed by atoms with Gasteiger partial charge in [-0.05, 0) is 44.4 Å². The molecule has 1 fully saturated rings. The Morgan fingerprint density at radius 1 is 1.24 bits per heavy atom. The third-order valence-corrected chi connectivity index (χ3v) is 3.72. The van der Waals surface area contributed by atoms with Crippen LogP contribution in [0.2, 0.25) is 0 Å². The lowest BCUT2D eigenvalue weighted by atomic mass is 10.1. The maximum Gasteiger partial charge on any atom is 0.252 e. The number of hydrogen-bond donors (Lipinski definition) is 1. The molecule has 0 bridgehead atoms. The summed E-state index contributed by atoms with van der Waals surface area (Å²) in [6.45, 7) is 3.31. The Balaban J connectivity index is 1.96. The van der Waals surface area contributed by atoms with Crippen LogP contribution in [-0.4, -0.2) is 43.0 Å². The van der Waals surface area contributed by atoms with Crippen LogP contribution in [0.3, 0.4) is 0 Å². The van der Waals surface area contributed by atoms with Gasteiger partial charge in [-0.15, -0.1) is 0 Å². The van der Waals surface area contributed by atoms with Crippen molar-refractivity contribution >= 4 is 11.8 Å². The minimum Gasteiger partial charge on any atom is -0.497 e. The lowest BCUT2D eigenvalue weighted by Gasteiger charge is -2.29. The van der Waals surface area contributed by atoms with E-state index >= 15 is 0 Å². The number of piperidine rings is 1. The minimum atomic E-state index is -0.512. The van der Waals surface area contributed by atoms with E-state index < -0.39 is 6.04 Å². The van der Waals surface area contributed by atoms with Crippen LogP contribution in [0.15, 0.2) is 24.3 Å². The number of hydrogen-bond acceptors (Lipinski definition) is 3. The lowest BCUT2D eigenvalue weighted by Crippen LogP contribution is -2.48. The van der Waals surface area contributed by atoms with E-state index in [9.17, 15) is 9.59 Å². The Labute approximate surface area is 125 Å². The number of benzene rings is 1. The van der Waals surface area contributed by atoms with Crippen molar-refractivity contribution in [2.45, 2.75) is 32.2 Å². The normalized spacial score (nSPS) is 16.2.